The lowest BCUT2D eigenvalue weighted by Crippen LogP contribution is -2.42. The van der Waals surface area contributed by atoms with Crippen molar-refractivity contribution in [1.29, 1.82) is 0 Å². The van der Waals surface area contributed by atoms with E-state index in [0.29, 0.717) is 25.9 Å². The van der Waals surface area contributed by atoms with Gasteiger partial charge in [-0.3, -0.25) is 14.4 Å². The van der Waals surface area contributed by atoms with E-state index in [-0.39, 0.29) is 36.2 Å². The number of methoxy groups -OCH3 is 1. The second kappa shape index (κ2) is 7.72. The molecule has 6 nitrogen and oxygen atoms in total. The van der Waals surface area contributed by atoms with E-state index < -0.39 is 0 Å². The fourth-order valence-corrected chi connectivity index (χ4v) is 3.74. The Labute approximate surface area is 153 Å². The molecule has 1 aromatic carbocycles. The van der Waals surface area contributed by atoms with Crippen LogP contribution in [0.5, 0.6) is 0 Å². The predicted molar refractivity (Wildman–Crippen MR) is 96.7 cm³/mol. The number of likely N-dealkylation sites (tertiary alicyclic amines) is 1. The molecule has 1 fully saturated rings. The zero-order chi connectivity index (χ0) is 18.7. The number of rotatable bonds is 3. The standard InChI is InChI=1S/C20H24N2O4/c1-14(23)22-12-9-15-5-3-4-6-17(15)18(22)13-19(24)21-10-7-16(8-11-21)20(25)26-2/h3-6,9,12,16,18H,7-8,10-11,13H2,1-2H3. The molecule has 2 aliphatic heterocycles. The molecule has 0 N–H and O–H groups in total. The number of piperidine rings is 1. The summed E-state index contributed by atoms with van der Waals surface area (Å²) in [4.78, 5) is 39.9. The van der Waals surface area contributed by atoms with Crippen LogP contribution in [0.25, 0.3) is 6.08 Å². The number of amides is 2. The Balaban J connectivity index is 1.70. The zero-order valence-electron chi connectivity index (χ0n) is 15.2. The fourth-order valence-electron chi connectivity index (χ4n) is 3.74. The van der Waals surface area contributed by atoms with Gasteiger partial charge in [-0.05, 0) is 30.0 Å². The number of esters is 1. The van der Waals surface area contributed by atoms with Crippen molar-refractivity contribution >= 4 is 23.9 Å². The Morgan fingerprint density at radius 1 is 1.15 bits per heavy atom. The Morgan fingerprint density at radius 2 is 1.85 bits per heavy atom. The predicted octanol–water partition coefficient (Wildman–Crippen LogP) is 2.36. The summed E-state index contributed by atoms with van der Waals surface area (Å²) in [7, 11) is 1.39. The van der Waals surface area contributed by atoms with Gasteiger partial charge in [-0.25, -0.2) is 0 Å². The molecular weight excluding hydrogens is 332 g/mol. The molecule has 0 bridgehead atoms. The van der Waals surface area contributed by atoms with E-state index in [1.807, 2.05) is 30.3 Å². The first-order chi connectivity index (χ1) is 12.5. The van der Waals surface area contributed by atoms with Gasteiger partial charge in [0, 0.05) is 26.2 Å². The third kappa shape index (κ3) is 3.64. The molecular formula is C20H24N2O4. The minimum Gasteiger partial charge on any atom is -0.469 e. The van der Waals surface area contributed by atoms with Crippen molar-refractivity contribution in [2.24, 2.45) is 5.92 Å². The van der Waals surface area contributed by atoms with Crippen LogP contribution in [-0.2, 0) is 19.1 Å². The molecule has 3 rings (SSSR count). The summed E-state index contributed by atoms with van der Waals surface area (Å²) in [6, 6.07) is 7.54. The maximum absolute atomic E-state index is 12.8. The normalized spacial score (nSPS) is 19.8. The number of hydrogen-bond donors (Lipinski definition) is 0. The average Bonchev–Trinajstić information content (AvgIpc) is 2.67. The number of hydrogen-bond acceptors (Lipinski definition) is 4. The number of carbonyl (C=O) groups excluding carboxylic acids is 3. The molecule has 138 valence electrons. The summed E-state index contributed by atoms with van der Waals surface area (Å²) in [5.74, 6) is -0.407. The van der Waals surface area contributed by atoms with Gasteiger partial charge < -0.3 is 14.5 Å². The van der Waals surface area contributed by atoms with Gasteiger partial charge in [-0.2, -0.15) is 0 Å². The van der Waals surface area contributed by atoms with Gasteiger partial charge in [0.2, 0.25) is 11.8 Å². The summed E-state index contributed by atoms with van der Waals surface area (Å²) in [5, 5.41) is 0. The van der Waals surface area contributed by atoms with Crippen molar-refractivity contribution in [3.63, 3.8) is 0 Å². The van der Waals surface area contributed by atoms with Crippen molar-refractivity contribution < 1.29 is 19.1 Å². The minimum absolute atomic E-state index is 0.00895. The summed E-state index contributed by atoms with van der Waals surface area (Å²) in [5.41, 5.74) is 2.02. The molecule has 0 saturated carbocycles. The SMILES string of the molecule is COC(=O)C1CCN(C(=O)CC2c3ccccc3C=CN2C(C)=O)CC1. The lowest BCUT2D eigenvalue weighted by atomic mass is 9.92. The van der Waals surface area contributed by atoms with E-state index in [1.54, 1.807) is 16.0 Å². The molecule has 0 aliphatic carbocycles. The van der Waals surface area contributed by atoms with Gasteiger partial charge in [0.05, 0.1) is 25.5 Å². The van der Waals surface area contributed by atoms with Crippen LogP contribution in [0.2, 0.25) is 0 Å². The van der Waals surface area contributed by atoms with Crippen LogP contribution in [0.15, 0.2) is 30.5 Å². The highest BCUT2D eigenvalue weighted by Crippen LogP contribution is 2.33. The van der Waals surface area contributed by atoms with Crippen molar-refractivity contribution in [2.75, 3.05) is 20.2 Å². The monoisotopic (exact) mass is 356 g/mol. The molecule has 1 saturated heterocycles. The molecule has 2 heterocycles. The Hall–Kier alpha value is -2.63. The molecule has 1 unspecified atom stereocenters. The van der Waals surface area contributed by atoms with Gasteiger partial charge in [0.15, 0.2) is 0 Å². The molecule has 1 atom stereocenters. The highest BCUT2D eigenvalue weighted by Gasteiger charge is 2.32. The Bertz CT molecular complexity index is 735. The van der Waals surface area contributed by atoms with Crippen molar-refractivity contribution in [2.45, 2.75) is 32.2 Å². The van der Waals surface area contributed by atoms with Crippen LogP contribution in [-0.4, -0.2) is 47.8 Å². The lowest BCUT2D eigenvalue weighted by molar-refractivity contribution is -0.149. The lowest BCUT2D eigenvalue weighted by Gasteiger charge is -2.35. The van der Waals surface area contributed by atoms with Crippen LogP contribution < -0.4 is 0 Å². The highest BCUT2D eigenvalue weighted by atomic mass is 16.5. The van der Waals surface area contributed by atoms with Gasteiger partial charge in [0.1, 0.15) is 0 Å². The first-order valence-corrected chi connectivity index (χ1v) is 8.93. The quantitative estimate of drug-likeness (QED) is 0.780. The highest BCUT2D eigenvalue weighted by molar-refractivity contribution is 5.82. The smallest absolute Gasteiger partial charge is 0.308 e. The largest absolute Gasteiger partial charge is 0.469 e. The third-order valence-corrected chi connectivity index (χ3v) is 5.22. The van der Waals surface area contributed by atoms with Crippen LogP contribution >= 0.6 is 0 Å². The third-order valence-electron chi connectivity index (χ3n) is 5.22. The molecule has 0 spiro atoms. The van der Waals surface area contributed by atoms with E-state index in [2.05, 4.69) is 0 Å². The molecule has 1 aromatic rings. The number of carbonyl (C=O) groups is 3. The van der Waals surface area contributed by atoms with Crippen LogP contribution in [0.4, 0.5) is 0 Å². The molecule has 0 radical (unpaired) electrons. The van der Waals surface area contributed by atoms with Crippen molar-refractivity contribution in [3.8, 4) is 0 Å². The van der Waals surface area contributed by atoms with Crippen molar-refractivity contribution in [3.05, 3.63) is 41.6 Å². The van der Waals surface area contributed by atoms with Crippen LogP contribution in [0, 0.1) is 5.92 Å². The average molecular weight is 356 g/mol. The number of fused-ring (bicyclic) bond motifs is 1. The molecule has 0 aromatic heterocycles. The maximum Gasteiger partial charge on any atom is 0.308 e. The summed E-state index contributed by atoms with van der Waals surface area (Å²) < 4.78 is 4.79. The molecule has 2 amide bonds. The van der Waals surface area contributed by atoms with E-state index in [4.69, 9.17) is 4.74 Å². The van der Waals surface area contributed by atoms with E-state index >= 15 is 0 Å². The Morgan fingerprint density at radius 3 is 2.50 bits per heavy atom. The molecule has 2 aliphatic rings. The second-order valence-corrected chi connectivity index (χ2v) is 6.77. The molecule has 6 heteroatoms. The summed E-state index contributed by atoms with van der Waals surface area (Å²) in [6.07, 6.45) is 5.14. The second-order valence-electron chi connectivity index (χ2n) is 6.77. The number of nitrogens with zero attached hydrogens (tertiary/aromatic N) is 2. The summed E-state index contributed by atoms with van der Waals surface area (Å²) in [6.45, 7) is 2.60. The molecule has 26 heavy (non-hydrogen) atoms. The Kier molecular flexibility index (Phi) is 5.40. The number of benzene rings is 1. The van der Waals surface area contributed by atoms with Crippen LogP contribution in [0.1, 0.15) is 43.4 Å². The fraction of sp³-hybridized carbons (Fsp3) is 0.450. The van der Waals surface area contributed by atoms with Gasteiger partial charge in [-0.1, -0.05) is 24.3 Å². The van der Waals surface area contributed by atoms with Crippen molar-refractivity contribution in [1.82, 2.24) is 9.80 Å². The zero-order valence-corrected chi connectivity index (χ0v) is 15.2. The summed E-state index contributed by atoms with van der Waals surface area (Å²) >= 11 is 0. The van der Waals surface area contributed by atoms with Gasteiger partial charge >= 0.3 is 5.97 Å². The van der Waals surface area contributed by atoms with Crippen LogP contribution in [0.3, 0.4) is 0 Å². The van der Waals surface area contributed by atoms with E-state index in [9.17, 15) is 14.4 Å². The first kappa shape index (κ1) is 18.2. The van der Waals surface area contributed by atoms with E-state index in [1.165, 1.54) is 14.0 Å². The topological polar surface area (TPSA) is 66.9 Å². The maximum atomic E-state index is 12.8. The van der Waals surface area contributed by atoms with Gasteiger partial charge in [-0.15, -0.1) is 0 Å². The first-order valence-electron chi connectivity index (χ1n) is 8.93. The van der Waals surface area contributed by atoms with Gasteiger partial charge in [0.25, 0.3) is 0 Å². The number of ether oxygens (including phenoxy) is 1. The minimum atomic E-state index is -0.292. The van der Waals surface area contributed by atoms with E-state index in [0.717, 1.165) is 11.1 Å².